The Labute approximate surface area is 171 Å². The highest BCUT2D eigenvalue weighted by Crippen LogP contribution is 2.22. The van der Waals surface area contributed by atoms with Crippen LogP contribution in [0, 0.1) is 5.41 Å². The third-order valence-electron chi connectivity index (χ3n) is 5.51. The molecule has 1 aromatic heterocycles. The minimum absolute atomic E-state index is 0.276. The van der Waals surface area contributed by atoms with Gasteiger partial charge in [0.2, 0.25) is 0 Å². The number of rotatable bonds is 9. The van der Waals surface area contributed by atoms with Crippen LogP contribution >= 0.6 is 0 Å². The molecule has 158 valence electrons. The predicted octanol–water partition coefficient (Wildman–Crippen LogP) is 3.10. The Kier molecular flexibility index (Phi) is 9.03. The average Bonchev–Trinajstić information content (AvgIpc) is 2.69. The van der Waals surface area contributed by atoms with Crippen molar-refractivity contribution in [2.45, 2.75) is 53.0 Å². The number of hydrogen-bond donors (Lipinski definition) is 2. The molecule has 0 unspecified atom stereocenters. The molecule has 6 nitrogen and oxygen atoms in total. The van der Waals surface area contributed by atoms with Crippen molar-refractivity contribution in [3.8, 4) is 0 Å². The number of unbranched alkanes of at least 4 members (excludes halogenated alkanes) is 2. The fraction of sp³-hybridized carbons (Fsp3) is 0.727. The van der Waals surface area contributed by atoms with E-state index >= 15 is 0 Å². The lowest BCUT2D eigenvalue weighted by Crippen LogP contribution is -2.44. The van der Waals surface area contributed by atoms with Crippen molar-refractivity contribution in [3.05, 3.63) is 23.9 Å². The van der Waals surface area contributed by atoms with Gasteiger partial charge in [0, 0.05) is 52.5 Å². The first kappa shape index (κ1) is 22.5. The van der Waals surface area contributed by atoms with Gasteiger partial charge in [-0.15, -0.1) is 0 Å². The van der Waals surface area contributed by atoms with Gasteiger partial charge in [0.15, 0.2) is 5.96 Å². The Morgan fingerprint density at radius 3 is 2.50 bits per heavy atom. The molecule has 28 heavy (non-hydrogen) atoms. The number of likely N-dealkylation sites (N-methyl/N-ethyl adjacent to an activating group) is 1. The summed E-state index contributed by atoms with van der Waals surface area (Å²) in [6.07, 6.45) is 7.09. The smallest absolute Gasteiger partial charge is 0.191 e. The molecule has 0 aromatic carbocycles. The molecule has 1 saturated heterocycles. The molecule has 0 bridgehead atoms. The van der Waals surface area contributed by atoms with Crippen LogP contribution in [0.4, 0.5) is 5.82 Å². The Morgan fingerprint density at radius 2 is 1.89 bits per heavy atom. The van der Waals surface area contributed by atoms with E-state index in [0.29, 0.717) is 0 Å². The predicted molar refractivity (Wildman–Crippen MR) is 120 cm³/mol. The summed E-state index contributed by atoms with van der Waals surface area (Å²) in [4.78, 5) is 13.7. The van der Waals surface area contributed by atoms with Crippen LogP contribution < -0.4 is 15.5 Å². The minimum Gasteiger partial charge on any atom is -0.356 e. The van der Waals surface area contributed by atoms with E-state index in [-0.39, 0.29) is 5.41 Å². The number of piperazine rings is 1. The second-order valence-electron chi connectivity index (χ2n) is 8.72. The Hall–Kier alpha value is -1.82. The van der Waals surface area contributed by atoms with E-state index in [9.17, 15) is 0 Å². The molecule has 2 N–H and O–H groups in total. The van der Waals surface area contributed by atoms with Crippen molar-refractivity contribution in [1.82, 2.24) is 20.5 Å². The van der Waals surface area contributed by atoms with Crippen LogP contribution in [0.2, 0.25) is 0 Å². The molecule has 0 atom stereocenters. The van der Waals surface area contributed by atoms with Crippen LogP contribution in [0.3, 0.4) is 0 Å². The summed E-state index contributed by atoms with van der Waals surface area (Å²) in [5.41, 5.74) is 1.45. The maximum absolute atomic E-state index is 4.67. The van der Waals surface area contributed by atoms with E-state index in [1.54, 1.807) is 0 Å². The molecule has 1 aliphatic rings. The lowest BCUT2D eigenvalue weighted by Gasteiger charge is -2.33. The van der Waals surface area contributed by atoms with Crippen LogP contribution in [-0.2, 0) is 6.54 Å². The summed E-state index contributed by atoms with van der Waals surface area (Å²) in [6.45, 7) is 12.8. The van der Waals surface area contributed by atoms with Gasteiger partial charge in [-0.05, 0) is 30.5 Å². The zero-order valence-corrected chi connectivity index (χ0v) is 18.6. The molecule has 6 heteroatoms. The summed E-state index contributed by atoms with van der Waals surface area (Å²) in [5, 5.41) is 6.89. The minimum atomic E-state index is 0.276. The third kappa shape index (κ3) is 7.66. The van der Waals surface area contributed by atoms with E-state index < -0.39 is 0 Å². The largest absolute Gasteiger partial charge is 0.356 e. The highest BCUT2D eigenvalue weighted by atomic mass is 15.3. The second-order valence-corrected chi connectivity index (χ2v) is 8.72. The molecule has 0 amide bonds. The van der Waals surface area contributed by atoms with Gasteiger partial charge in [0.25, 0.3) is 0 Å². The van der Waals surface area contributed by atoms with Gasteiger partial charge in [-0.3, -0.25) is 4.99 Å². The van der Waals surface area contributed by atoms with Crippen molar-refractivity contribution in [3.63, 3.8) is 0 Å². The number of anilines is 1. The van der Waals surface area contributed by atoms with Gasteiger partial charge >= 0.3 is 0 Å². The van der Waals surface area contributed by atoms with Crippen molar-refractivity contribution >= 4 is 11.8 Å². The second kappa shape index (κ2) is 11.2. The lowest BCUT2D eigenvalue weighted by molar-refractivity contribution is 0.312. The highest BCUT2D eigenvalue weighted by Gasteiger charge is 2.18. The molecule has 0 saturated carbocycles. The van der Waals surface area contributed by atoms with E-state index in [1.807, 2.05) is 13.2 Å². The van der Waals surface area contributed by atoms with Crippen LogP contribution in [0.5, 0.6) is 0 Å². The Morgan fingerprint density at radius 1 is 1.14 bits per heavy atom. The SMILES string of the molecule is CCCCCC(C)(C)CNC(=NC)NCc1ccc(N2CCN(C)CC2)nc1. The van der Waals surface area contributed by atoms with Gasteiger partial charge in [-0.1, -0.05) is 46.1 Å². The molecule has 0 aliphatic carbocycles. The topological polar surface area (TPSA) is 55.8 Å². The van der Waals surface area contributed by atoms with Crippen LogP contribution in [0.25, 0.3) is 0 Å². The van der Waals surface area contributed by atoms with Gasteiger partial charge in [-0.25, -0.2) is 4.98 Å². The van der Waals surface area contributed by atoms with Gasteiger partial charge in [0.05, 0.1) is 0 Å². The van der Waals surface area contributed by atoms with Gasteiger partial charge < -0.3 is 20.4 Å². The fourth-order valence-electron chi connectivity index (χ4n) is 3.42. The van der Waals surface area contributed by atoms with E-state index in [1.165, 1.54) is 31.2 Å². The van der Waals surface area contributed by atoms with Gasteiger partial charge in [-0.2, -0.15) is 0 Å². The van der Waals surface area contributed by atoms with E-state index in [4.69, 9.17) is 0 Å². The molecule has 0 spiro atoms. The first-order chi connectivity index (χ1) is 13.4. The first-order valence-corrected chi connectivity index (χ1v) is 10.8. The maximum Gasteiger partial charge on any atom is 0.191 e. The number of hydrogen-bond acceptors (Lipinski definition) is 4. The van der Waals surface area contributed by atoms with Crippen LogP contribution in [0.1, 0.15) is 52.0 Å². The van der Waals surface area contributed by atoms with Crippen LogP contribution in [-0.4, -0.2) is 62.7 Å². The third-order valence-corrected chi connectivity index (χ3v) is 5.51. The quantitative estimate of drug-likeness (QED) is 0.387. The van der Waals surface area contributed by atoms with Crippen molar-refractivity contribution in [2.24, 2.45) is 10.4 Å². The summed E-state index contributed by atoms with van der Waals surface area (Å²) in [5.74, 6) is 1.93. The summed E-state index contributed by atoms with van der Waals surface area (Å²) in [7, 11) is 4.00. The van der Waals surface area contributed by atoms with Crippen molar-refractivity contribution in [1.29, 1.82) is 0 Å². The monoisotopic (exact) mass is 388 g/mol. The van der Waals surface area contributed by atoms with Crippen molar-refractivity contribution < 1.29 is 0 Å². The summed E-state index contributed by atoms with van der Waals surface area (Å²) >= 11 is 0. The Balaban J connectivity index is 1.76. The molecule has 1 aromatic rings. The number of aliphatic imine (C=N–C) groups is 1. The molecule has 0 radical (unpaired) electrons. The molecular weight excluding hydrogens is 348 g/mol. The maximum atomic E-state index is 4.67. The van der Waals surface area contributed by atoms with Crippen LogP contribution in [0.15, 0.2) is 23.3 Å². The van der Waals surface area contributed by atoms with Gasteiger partial charge in [0.1, 0.15) is 5.82 Å². The number of pyridine rings is 1. The number of nitrogens with one attached hydrogen (secondary N) is 2. The van der Waals surface area contributed by atoms with E-state index in [0.717, 1.165) is 51.0 Å². The summed E-state index contributed by atoms with van der Waals surface area (Å²) in [6, 6.07) is 4.30. The number of guanidine groups is 1. The molecule has 1 aliphatic heterocycles. The zero-order chi connectivity index (χ0) is 20.4. The Bertz CT molecular complexity index is 588. The molecule has 1 fully saturated rings. The normalized spacial score (nSPS) is 16.3. The average molecular weight is 389 g/mol. The number of nitrogens with zero attached hydrogens (tertiary/aromatic N) is 4. The number of aromatic nitrogens is 1. The molecule has 2 heterocycles. The molecule has 2 rings (SSSR count). The summed E-state index contributed by atoms with van der Waals surface area (Å²) < 4.78 is 0. The lowest BCUT2D eigenvalue weighted by atomic mass is 9.87. The standard InChI is InChI=1S/C22H40N6/c1-6-7-8-11-22(2,3)18-26-21(23-4)25-17-19-9-10-20(24-16-19)28-14-12-27(5)13-15-28/h9-10,16H,6-8,11-15,17-18H2,1-5H3,(H2,23,25,26). The highest BCUT2D eigenvalue weighted by molar-refractivity contribution is 5.79. The van der Waals surface area contributed by atoms with Crippen molar-refractivity contribution in [2.75, 3.05) is 51.7 Å². The fourth-order valence-corrected chi connectivity index (χ4v) is 3.42. The van der Waals surface area contributed by atoms with E-state index in [2.05, 4.69) is 70.4 Å². The first-order valence-electron chi connectivity index (χ1n) is 10.8. The zero-order valence-electron chi connectivity index (χ0n) is 18.6. The molecular formula is C22H40N6.